The molecule has 0 radical (unpaired) electrons. The van der Waals surface area contributed by atoms with E-state index in [1.54, 1.807) is 11.8 Å². The first-order valence-corrected chi connectivity index (χ1v) is 6.90. The van der Waals surface area contributed by atoms with Gasteiger partial charge < -0.3 is 5.11 Å². The maximum Gasteiger partial charge on any atom is 0.123 e. The van der Waals surface area contributed by atoms with Gasteiger partial charge in [-0.3, -0.25) is 0 Å². The Balaban J connectivity index is 2.56. The molecule has 0 saturated heterocycles. The third kappa shape index (κ3) is 5.75. The molecule has 1 aromatic carbocycles. The Morgan fingerprint density at radius 3 is 2.65 bits per heavy atom. The number of aliphatic hydroxyl groups excluding tert-OH is 1. The molecule has 96 valence electrons. The molecule has 0 aliphatic heterocycles. The van der Waals surface area contributed by atoms with Gasteiger partial charge in [-0.25, -0.2) is 4.39 Å². The van der Waals surface area contributed by atoms with Crippen LogP contribution >= 0.6 is 23.4 Å². The molecular formula is C13H18ClFOS. The predicted octanol–water partition coefficient (Wildman–Crippen LogP) is 3.91. The topological polar surface area (TPSA) is 20.2 Å². The van der Waals surface area contributed by atoms with Gasteiger partial charge in [0, 0.05) is 21.9 Å². The van der Waals surface area contributed by atoms with E-state index in [-0.39, 0.29) is 10.6 Å². The zero-order valence-electron chi connectivity index (χ0n) is 10.3. The van der Waals surface area contributed by atoms with Crippen LogP contribution in [-0.4, -0.2) is 21.7 Å². The van der Waals surface area contributed by atoms with E-state index in [0.717, 1.165) is 0 Å². The van der Waals surface area contributed by atoms with Gasteiger partial charge in [0.25, 0.3) is 0 Å². The van der Waals surface area contributed by atoms with Crippen LogP contribution in [0.3, 0.4) is 0 Å². The van der Waals surface area contributed by atoms with Crippen molar-refractivity contribution in [1.82, 2.24) is 0 Å². The lowest BCUT2D eigenvalue weighted by molar-refractivity contribution is 0.199. The zero-order valence-corrected chi connectivity index (χ0v) is 11.9. The number of thioether (sulfide) groups is 1. The van der Waals surface area contributed by atoms with Crippen molar-refractivity contribution in [2.24, 2.45) is 0 Å². The lowest BCUT2D eigenvalue weighted by Gasteiger charge is -2.20. The molecule has 1 N–H and O–H groups in total. The maximum atomic E-state index is 13.0. The average molecular weight is 277 g/mol. The quantitative estimate of drug-likeness (QED) is 0.900. The van der Waals surface area contributed by atoms with Crippen LogP contribution in [0.1, 0.15) is 26.3 Å². The maximum absolute atomic E-state index is 13.0. The van der Waals surface area contributed by atoms with Gasteiger partial charge >= 0.3 is 0 Å². The highest BCUT2D eigenvalue weighted by molar-refractivity contribution is 8.00. The van der Waals surface area contributed by atoms with Crippen LogP contribution < -0.4 is 0 Å². The fourth-order valence-electron chi connectivity index (χ4n) is 1.36. The molecule has 0 aliphatic carbocycles. The largest absolute Gasteiger partial charge is 0.392 e. The Morgan fingerprint density at radius 2 is 2.06 bits per heavy atom. The van der Waals surface area contributed by atoms with E-state index >= 15 is 0 Å². The Bertz CT molecular complexity index is 376. The molecule has 0 saturated carbocycles. The molecule has 1 aromatic rings. The van der Waals surface area contributed by atoms with Crippen molar-refractivity contribution in [1.29, 1.82) is 0 Å². The van der Waals surface area contributed by atoms with Crippen molar-refractivity contribution in [3.63, 3.8) is 0 Å². The van der Waals surface area contributed by atoms with Crippen LogP contribution in [0.15, 0.2) is 18.2 Å². The lowest BCUT2D eigenvalue weighted by Crippen LogP contribution is -2.19. The summed E-state index contributed by atoms with van der Waals surface area (Å²) in [6.07, 6.45) is -0.113. The highest BCUT2D eigenvalue weighted by atomic mass is 35.5. The summed E-state index contributed by atoms with van der Waals surface area (Å²) >= 11 is 7.63. The van der Waals surface area contributed by atoms with E-state index in [1.807, 2.05) is 0 Å². The van der Waals surface area contributed by atoms with E-state index in [2.05, 4.69) is 20.8 Å². The van der Waals surface area contributed by atoms with Crippen LogP contribution in [0.4, 0.5) is 4.39 Å². The lowest BCUT2D eigenvalue weighted by atomic mass is 10.1. The fraction of sp³-hybridized carbons (Fsp3) is 0.538. The van der Waals surface area contributed by atoms with Gasteiger partial charge in [0.1, 0.15) is 5.82 Å². The van der Waals surface area contributed by atoms with E-state index in [0.29, 0.717) is 22.8 Å². The molecule has 0 fully saturated rings. The van der Waals surface area contributed by atoms with E-state index in [1.165, 1.54) is 18.2 Å². The summed E-state index contributed by atoms with van der Waals surface area (Å²) in [7, 11) is 0. The summed E-state index contributed by atoms with van der Waals surface area (Å²) in [5.74, 6) is 0.302. The van der Waals surface area contributed by atoms with Gasteiger partial charge in [-0.1, -0.05) is 32.4 Å². The SMILES string of the molecule is CC(C)(C)SCC(O)Cc1cc(F)ccc1Cl. The number of aliphatic hydroxyl groups is 1. The molecule has 17 heavy (non-hydrogen) atoms. The van der Waals surface area contributed by atoms with Crippen molar-refractivity contribution in [2.75, 3.05) is 5.75 Å². The van der Waals surface area contributed by atoms with Crippen molar-refractivity contribution in [3.8, 4) is 0 Å². The molecular weight excluding hydrogens is 259 g/mol. The van der Waals surface area contributed by atoms with E-state index in [4.69, 9.17) is 11.6 Å². The summed E-state index contributed by atoms with van der Waals surface area (Å²) in [4.78, 5) is 0. The molecule has 0 heterocycles. The number of hydrogen-bond acceptors (Lipinski definition) is 2. The Labute approximate surface area is 111 Å². The van der Waals surface area contributed by atoms with Gasteiger partial charge in [-0.05, 0) is 23.8 Å². The monoisotopic (exact) mass is 276 g/mol. The third-order valence-electron chi connectivity index (χ3n) is 2.17. The molecule has 0 aliphatic rings. The fourth-order valence-corrected chi connectivity index (χ4v) is 2.36. The molecule has 1 unspecified atom stereocenters. The number of hydrogen-bond donors (Lipinski definition) is 1. The first kappa shape index (κ1) is 14.8. The smallest absolute Gasteiger partial charge is 0.123 e. The van der Waals surface area contributed by atoms with Gasteiger partial charge in [-0.15, -0.1) is 0 Å². The molecule has 0 spiro atoms. The summed E-state index contributed by atoms with van der Waals surface area (Å²) in [5, 5.41) is 10.4. The number of benzene rings is 1. The zero-order chi connectivity index (χ0) is 13.1. The van der Waals surface area contributed by atoms with Crippen LogP contribution in [0.5, 0.6) is 0 Å². The third-order valence-corrected chi connectivity index (χ3v) is 3.96. The summed E-state index contributed by atoms with van der Waals surface area (Å²) < 4.78 is 13.1. The average Bonchev–Trinajstić information content (AvgIpc) is 2.20. The minimum Gasteiger partial charge on any atom is -0.392 e. The van der Waals surface area contributed by atoms with Gasteiger partial charge in [0.05, 0.1) is 6.10 Å². The van der Waals surface area contributed by atoms with E-state index < -0.39 is 6.10 Å². The Kier molecular flexibility index (Phi) is 5.29. The first-order valence-electron chi connectivity index (χ1n) is 5.54. The van der Waals surface area contributed by atoms with Crippen LogP contribution in [-0.2, 0) is 6.42 Å². The normalized spacial score (nSPS) is 13.8. The van der Waals surface area contributed by atoms with Crippen LogP contribution in [0.25, 0.3) is 0 Å². The van der Waals surface area contributed by atoms with Crippen molar-refractivity contribution < 1.29 is 9.50 Å². The van der Waals surface area contributed by atoms with Gasteiger partial charge in [0.2, 0.25) is 0 Å². The molecule has 0 amide bonds. The minimum atomic E-state index is -0.501. The minimum absolute atomic E-state index is 0.118. The summed E-state index contributed by atoms with van der Waals surface area (Å²) in [5.41, 5.74) is 0.661. The Hall–Kier alpha value is -0.250. The van der Waals surface area contributed by atoms with Gasteiger partial charge in [-0.2, -0.15) is 11.8 Å². The molecule has 1 atom stereocenters. The number of halogens is 2. The summed E-state index contributed by atoms with van der Waals surface area (Å²) in [6, 6.07) is 4.23. The van der Waals surface area contributed by atoms with Crippen LogP contribution in [0, 0.1) is 5.82 Å². The Morgan fingerprint density at radius 1 is 1.41 bits per heavy atom. The molecule has 0 aromatic heterocycles. The predicted molar refractivity (Wildman–Crippen MR) is 73.3 cm³/mol. The second kappa shape index (κ2) is 6.07. The van der Waals surface area contributed by atoms with Crippen molar-refractivity contribution >= 4 is 23.4 Å². The molecule has 1 nitrogen and oxygen atoms in total. The second-order valence-electron chi connectivity index (χ2n) is 5.02. The van der Waals surface area contributed by atoms with Gasteiger partial charge in [0.15, 0.2) is 0 Å². The highest BCUT2D eigenvalue weighted by Crippen LogP contribution is 2.25. The van der Waals surface area contributed by atoms with Crippen LogP contribution in [0.2, 0.25) is 5.02 Å². The first-order chi connectivity index (χ1) is 7.78. The van der Waals surface area contributed by atoms with Crippen molar-refractivity contribution in [2.45, 2.75) is 38.0 Å². The van der Waals surface area contributed by atoms with Crippen molar-refractivity contribution in [3.05, 3.63) is 34.6 Å². The highest BCUT2D eigenvalue weighted by Gasteiger charge is 2.15. The van der Waals surface area contributed by atoms with E-state index in [9.17, 15) is 9.50 Å². The second-order valence-corrected chi connectivity index (χ2v) is 7.27. The number of rotatable bonds is 4. The molecule has 0 bridgehead atoms. The molecule has 4 heteroatoms. The summed E-state index contributed by atoms with van der Waals surface area (Å²) in [6.45, 7) is 6.29. The molecule has 1 rings (SSSR count). The standard InChI is InChI=1S/C13H18ClFOS/c1-13(2,3)17-8-11(16)7-9-6-10(15)4-5-12(9)14/h4-6,11,16H,7-8H2,1-3H3.